The van der Waals surface area contributed by atoms with Gasteiger partial charge in [-0.2, -0.15) is 0 Å². The lowest BCUT2D eigenvalue weighted by molar-refractivity contribution is 0.0707. The van der Waals surface area contributed by atoms with Gasteiger partial charge in [-0.15, -0.1) is 10.2 Å². The molecule has 2 heterocycles. The summed E-state index contributed by atoms with van der Waals surface area (Å²) in [5, 5.41) is 7.95. The van der Waals surface area contributed by atoms with Crippen LogP contribution in [-0.2, 0) is 0 Å². The monoisotopic (exact) mass is 364 g/mol. The summed E-state index contributed by atoms with van der Waals surface area (Å²) in [7, 11) is 1.59. The molecule has 0 N–H and O–H groups in total. The molecule has 27 heavy (non-hydrogen) atoms. The molecule has 7 nitrogen and oxygen atoms in total. The molecule has 1 saturated heterocycles. The molecule has 0 bridgehead atoms. The van der Waals surface area contributed by atoms with Crippen molar-refractivity contribution in [2.24, 2.45) is 0 Å². The first-order valence-electron chi connectivity index (χ1n) is 8.82. The number of hydrogen-bond donors (Lipinski definition) is 0. The third-order valence-corrected chi connectivity index (χ3v) is 4.61. The third kappa shape index (κ3) is 3.62. The number of carbonyl (C=O) groups excluding carboxylic acids is 1. The second-order valence-corrected chi connectivity index (χ2v) is 6.26. The van der Waals surface area contributed by atoms with E-state index in [9.17, 15) is 4.79 Å². The van der Waals surface area contributed by atoms with E-state index in [1.807, 2.05) is 36.4 Å². The lowest BCUT2D eigenvalue weighted by Gasteiger charge is -2.35. The van der Waals surface area contributed by atoms with Crippen LogP contribution in [0, 0.1) is 0 Å². The predicted molar refractivity (Wildman–Crippen MR) is 101 cm³/mol. The van der Waals surface area contributed by atoms with E-state index < -0.39 is 0 Å². The Morgan fingerprint density at radius 1 is 1.00 bits per heavy atom. The first kappa shape index (κ1) is 17.1. The Morgan fingerprint density at radius 3 is 2.52 bits per heavy atom. The van der Waals surface area contributed by atoms with Gasteiger partial charge in [0, 0.05) is 37.4 Å². The molecule has 0 unspecified atom stereocenters. The molecule has 0 spiro atoms. The third-order valence-electron chi connectivity index (χ3n) is 4.61. The van der Waals surface area contributed by atoms with Crippen molar-refractivity contribution in [3.05, 3.63) is 60.5 Å². The van der Waals surface area contributed by atoms with E-state index in [2.05, 4.69) is 27.2 Å². The van der Waals surface area contributed by atoms with Crippen LogP contribution in [0.5, 0.6) is 5.75 Å². The zero-order valence-electron chi connectivity index (χ0n) is 15.0. The molecule has 4 rings (SSSR count). The van der Waals surface area contributed by atoms with Crippen molar-refractivity contribution in [3.63, 3.8) is 0 Å². The Morgan fingerprint density at radius 2 is 1.78 bits per heavy atom. The summed E-state index contributed by atoms with van der Waals surface area (Å²) >= 11 is 0. The molecule has 2 aromatic carbocycles. The summed E-state index contributed by atoms with van der Waals surface area (Å²) in [4.78, 5) is 16.7. The summed E-state index contributed by atoms with van der Waals surface area (Å²) in [5.41, 5.74) is 1.89. The SMILES string of the molecule is COc1cccc(-c2nnc(C(=O)N3CCN(c4ccccc4)CC3)o2)c1. The number of para-hydroxylation sites is 1. The average molecular weight is 364 g/mol. The number of amides is 1. The second kappa shape index (κ2) is 7.49. The standard InChI is InChI=1S/C20H20N4O3/c1-26-17-9-5-6-15(14-17)18-21-22-19(27-18)20(25)24-12-10-23(11-13-24)16-7-3-2-4-8-16/h2-9,14H,10-13H2,1H3. The zero-order chi connectivity index (χ0) is 18.6. The molecule has 0 atom stereocenters. The van der Waals surface area contributed by atoms with Gasteiger partial charge in [0.25, 0.3) is 0 Å². The van der Waals surface area contributed by atoms with Crippen LogP contribution in [0.25, 0.3) is 11.5 Å². The Kier molecular flexibility index (Phi) is 4.74. The van der Waals surface area contributed by atoms with Crippen molar-refractivity contribution in [3.8, 4) is 17.2 Å². The van der Waals surface area contributed by atoms with Gasteiger partial charge in [0.2, 0.25) is 5.89 Å². The van der Waals surface area contributed by atoms with Crippen LogP contribution in [0.15, 0.2) is 59.0 Å². The minimum atomic E-state index is -0.232. The Balaban J connectivity index is 1.43. The first-order valence-corrected chi connectivity index (χ1v) is 8.82. The lowest BCUT2D eigenvalue weighted by Crippen LogP contribution is -2.48. The highest BCUT2D eigenvalue weighted by Crippen LogP contribution is 2.23. The highest BCUT2D eigenvalue weighted by Gasteiger charge is 2.26. The fourth-order valence-electron chi connectivity index (χ4n) is 3.12. The predicted octanol–water partition coefficient (Wildman–Crippen LogP) is 2.71. The van der Waals surface area contributed by atoms with Gasteiger partial charge in [-0.3, -0.25) is 4.79 Å². The van der Waals surface area contributed by atoms with E-state index in [1.54, 1.807) is 18.1 Å². The Bertz CT molecular complexity index is 918. The lowest BCUT2D eigenvalue weighted by atomic mass is 10.2. The van der Waals surface area contributed by atoms with Crippen LogP contribution in [0.4, 0.5) is 5.69 Å². The molecule has 138 valence electrons. The van der Waals surface area contributed by atoms with E-state index >= 15 is 0 Å². The van der Waals surface area contributed by atoms with Crippen molar-refractivity contribution in [1.82, 2.24) is 15.1 Å². The summed E-state index contributed by atoms with van der Waals surface area (Å²) in [6.07, 6.45) is 0. The molecular weight excluding hydrogens is 344 g/mol. The second-order valence-electron chi connectivity index (χ2n) is 6.26. The van der Waals surface area contributed by atoms with Crippen LogP contribution >= 0.6 is 0 Å². The number of nitrogens with zero attached hydrogens (tertiary/aromatic N) is 4. The number of piperazine rings is 1. The summed E-state index contributed by atoms with van der Waals surface area (Å²) in [6.45, 7) is 2.77. The van der Waals surface area contributed by atoms with Crippen LogP contribution in [0.2, 0.25) is 0 Å². The molecule has 1 amide bonds. The Labute approximate surface area is 157 Å². The number of ether oxygens (including phenoxy) is 1. The Hall–Kier alpha value is -3.35. The fourth-order valence-corrected chi connectivity index (χ4v) is 3.12. The molecule has 1 aliphatic heterocycles. The maximum atomic E-state index is 12.7. The number of methoxy groups -OCH3 is 1. The van der Waals surface area contributed by atoms with E-state index in [-0.39, 0.29) is 11.8 Å². The van der Waals surface area contributed by atoms with Gasteiger partial charge in [-0.05, 0) is 30.3 Å². The van der Waals surface area contributed by atoms with Crippen LogP contribution < -0.4 is 9.64 Å². The van der Waals surface area contributed by atoms with E-state index in [4.69, 9.17) is 9.15 Å². The molecule has 1 fully saturated rings. The van der Waals surface area contributed by atoms with Gasteiger partial charge in [-0.25, -0.2) is 0 Å². The van der Waals surface area contributed by atoms with Gasteiger partial charge in [0.05, 0.1) is 7.11 Å². The van der Waals surface area contributed by atoms with Crippen molar-refractivity contribution in [2.75, 3.05) is 38.2 Å². The van der Waals surface area contributed by atoms with Crippen molar-refractivity contribution < 1.29 is 13.9 Å². The average Bonchev–Trinajstić information content (AvgIpc) is 3.24. The van der Waals surface area contributed by atoms with Gasteiger partial charge >= 0.3 is 11.8 Å². The molecule has 0 aliphatic carbocycles. The molecule has 7 heteroatoms. The van der Waals surface area contributed by atoms with Crippen LogP contribution in [-0.4, -0.2) is 54.3 Å². The molecule has 0 saturated carbocycles. The number of rotatable bonds is 4. The number of anilines is 1. The minimum absolute atomic E-state index is 0.0148. The minimum Gasteiger partial charge on any atom is -0.497 e. The smallest absolute Gasteiger partial charge is 0.311 e. The summed E-state index contributed by atoms with van der Waals surface area (Å²) in [6, 6.07) is 17.5. The van der Waals surface area contributed by atoms with Crippen LogP contribution in [0.3, 0.4) is 0 Å². The fraction of sp³-hybridized carbons (Fsp3) is 0.250. The molecule has 1 aromatic heterocycles. The normalized spacial score (nSPS) is 14.3. The van der Waals surface area contributed by atoms with Gasteiger partial charge < -0.3 is 19.0 Å². The van der Waals surface area contributed by atoms with Gasteiger partial charge in [-0.1, -0.05) is 24.3 Å². The van der Waals surface area contributed by atoms with E-state index in [1.165, 1.54) is 5.69 Å². The zero-order valence-corrected chi connectivity index (χ0v) is 15.0. The highest BCUT2D eigenvalue weighted by molar-refractivity contribution is 5.90. The number of aromatic nitrogens is 2. The highest BCUT2D eigenvalue weighted by atomic mass is 16.5. The van der Waals surface area contributed by atoms with Crippen molar-refractivity contribution in [1.29, 1.82) is 0 Å². The van der Waals surface area contributed by atoms with Crippen LogP contribution in [0.1, 0.15) is 10.7 Å². The largest absolute Gasteiger partial charge is 0.497 e. The summed E-state index contributed by atoms with van der Waals surface area (Å²) < 4.78 is 10.8. The quantitative estimate of drug-likeness (QED) is 0.709. The maximum absolute atomic E-state index is 12.7. The number of hydrogen-bond acceptors (Lipinski definition) is 6. The molecule has 0 radical (unpaired) electrons. The van der Waals surface area contributed by atoms with E-state index in [0.29, 0.717) is 24.7 Å². The summed E-state index contributed by atoms with van der Waals surface area (Å²) in [5.74, 6) is 0.779. The van der Waals surface area contributed by atoms with E-state index in [0.717, 1.165) is 18.7 Å². The van der Waals surface area contributed by atoms with Gasteiger partial charge in [0.15, 0.2) is 0 Å². The molecular formula is C20H20N4O3. The van der Waals surface area contributed by atoms with Gasteiger partial charge in [0.1, 0.15) is 5.75 Å². The first-order chi connectivity index (χ1) is 13.2. The maximum Gasteiger partial charge on any atom is 0.311 e. The topological polar surface area (TPSA) is 71.7 Å². The van der Waals surface area contributed by atoms with Crippen molar-refractivity contribution in [2.45, 2.75) is 0 Å². The molecule has 1 aliphatic rings. The number of carbonyl (C=O) groups is 1. The molecule has 3 aromatic rings. The number of benzene rings is 2. The van der Waals surface area contributed by atoms with Crippen molar-refractivity contribution >= 4 is 11.6 Å².